The molecule has 2 aromatic carbocycles. The number of terminal acetylenes is 1. The average molecular weight is 351 g/mol. The fraction of sp³-hybridized carbons (Fsp3) is 0.115. The van der Waals surface area contributed by atoms with Gasteiger partial charge in [-0.3, -0.25) is 4.99 Å². The summed E-state index contributed by atoms with van der Waals surface area (Å²) in [5.74, 6) is 2.68. The molecule has 0 aliphatic rings. The molecule has 0 aromatic heterocycles. The maximum atomic E-state index is 5.59. The Morgan fingerprint density at radius 1 is 1.07 bits per heavy atom. The van der Waals surface area contributed by atoms with Crippen LogP contribution in [-0.4, -0.2) is 5.71 Å². The first-order chi connectivity index (χ1) is 13.0. The van der Waals surface area contributed by atoms with E-state index in [9.17, 15) is 0 Å². The Morgan fingerprint density at radius 3 is 2.41 bits per heavy atom. The largest absolute Gasteiger partial charge is 0.253 e. The molecule has 0 amide bonds. The topological polar surface area (TPSA) is 12.4 Å². The van der Waals surface area contributed by atoms with Crippen molar-refractivity contribution in [2.45, 2.75) is 20.8 Å². The van der Waals surface area contributed by atoms with Crippen LogP contribution in [0.3, 0.4) is 0 Å². The van der Waals surface area contributed by atoms with Gasteiger partial charge in [0.2, 0.25) is 0 Å². The molecule has 0 bridgehead atoms. The van der Waals surface area contributed by atoms with Crippen LogP contribution >= 0.6 is 0 Å². The number of aryl methyl sites for hydroxylation is 1. The van der Waals surface area contributed by atoms with Crippen molar-refractivity contribution in [3.8, 4) is 23.5 Å². The van der Waals surface area contributed by atoms with Crippen LogP contribution in [0.5, 0.6) is 0 Å². The summed E-state index contributed by atoms with van der Waals surface area (Å²) in [5.41, 5.74) is 7.80. The van der Waals surface area contributed by atoms with Crippen molar-refractivity contribution in [1.82, 2.24) is 0 Å². The lowest BCUT2D eigenvalue weighted by molar-refractivity contribution is 1.30. The number of hydrogen-bond acceptors (Lipinski definition) is 1. The van der Waals surface area contributed by atoms with Gasteiger partial charge in [-0.15, -0.1) is 6.42 Å². The molecular formula is C26H25N. The zero-order valence-electron chi connectivity index (χ0n) is 16.3. The standard InChI is InChI=1S/C26H25N/c1-7-9-17-24(19(3)8-2)21(5)27-22(6)26-20(4)14-13-18-25(26)23-15-11-10-12-16-23/h2,7,9-18H,1,5H2,3-4,6H3/b17-9-,24-19-,27-22-. The van der Waals surface area contributed by atoms with Crippen molar-refractivity contribution in [2.75, 3.05) is 0 Å². The van der Waals surface area contributed by atoms with Gasteiger partial charge in [0.05, 0.1) is 5.70 Å². The number of hydrogen-bond donors (Lipinski definition) is 0. The van der Waals surface area contributed by atoms with Crippen molar-refractivity contribution in [1.29, 1.82) is 0 Å². The minimum atomic E-state index is 0.642. The predicted molar refractivity (Wildman–Crippen MR) is 119 cm³/mol. The highest BCUT2D eigenvalue weighted by Crippen LogP contribution is 2.28. The Bertz CT molecular complexity index is 977. The van der Waals surface area contributed by atoms with Crippen LogP contribution in [0.2, 0.25) is 0 Å². The fourth-order valence-electron chi connectivity index (χ4n) is 3.00. The Balaban J connectivity index is 2.56. The fourth-order valence-corrected chi connectivity index (χ4v) is 3.00. The van der Waals surface area contributed by atoms with E-state index in [2.05, 4.69) is 56.3 Å². The Morgan fingerprint density at radius 2 is 1.78 bits per heavy atom. The summed E-state index contributed by atoms with van der Waals surface area (Å²) in [6.45, 7) is 13.9. The third-order valence-electron chi connectivity index (χ3n) is 4.35. The first-order valence-electron chi connectivity index (χ1n) is 8.86. The molecule has 27 heavy (non-hydrogen) atoms. The predicted octanol–water partition coefficient (Wildman–Crippen LogP) is 6.68. The molecule has 2 rings (SSSR count). The van der Waals surface area contributed by atoms with Crippen molar-refractivity contribution in [3.63, 3.8) is 0 Å². The van der Waals surface area contributed by atoms with Crippen LogP contribution < -0.4 is 0 Å². The van der Waals surface area contributed by atoms with Crippen molar-refractivity contribution >= 4 is 5.71 Å². The third kappa shape index (κ3) is 4.84. The van der Waals surface area contributed by atoms with Crippen molar-refractivity contribution < 1.29 is 0 Å². The van der Waals surface area contributed by atoms with E-state index >= 15 is 0 Å². The van der Waals surface area contributed by atoms with E-state index in [1.807, 2.05) is 44.2 Å². The second-order valence-corrected chi connectivity index (χ2v) is 6.29. The van der Waals surface area contributed by atoms with E-state index in [1.165, 1.54) is 11.1 Å². The maximum Gasteiger partial charge on any atom is 0.0642 e. The van der Waals surface area contributed by atoms with Crippen LogP contribution in [0.25, 0.3) is 11.1 Å². The molecule has 1 nitrogen and oxygen atoms in total. The van der Waals surface area contributed by atoms with Gasteiger partial charge in [-0.2, -0.15) is 0 Å². The molecular weight excluding hydrogens is 326 g/mol. The van der Waals surface area contributed by atoms with Crippen LogP contribution in [0.15, 0.2) is 102 Å². The Labute approximate surface area is 163 Å². The zero-order valence-corrected chi connectivity index (χ0v) is 16.3. The van der Waals surface area contributed by atoms with Crippen molar-refractivity contribution in [3.05, 3.63) is 108 Å². The molecule has 0 unspecified atom stereocenters. The maximum absolute atomic E-state index is 5.59. The number of allylic oxidation sites excluding steroid dienone is 4. The average Bonchev–Trinajstić information content (AvgIpc) is 2.68. The summed E-state index contributed by atoms with van der Waals surface area (Å²) >= 11 is 0. The summed E-state index contributed by atoms with van der Waals surface area (Å²) in [6, 6.07) is 16.6. The second kappa shape index (κ2) is 9.36. The molecule has 0 radical (unpaired) electrons. The Hall–Kier alpha value is -3.37. The van der Waals surface area contributed by atoms with Gasteiger partial charge in [-0.05, 0) is 37.5 Å². The van der Waals surface area contributed by atoms with Gasteiger partial charge in [0.25, 0.3) is 0 Å². The summed E-state index contributed by atoms with van der Waals surface area (Å²) < 4.78 is 0. The first kappa shape index (κ1) is 19.9. The molecule has 0 saturated carbocycles. The van der Waals surface area contributed by atoms with Gasteiger partial charge >= 0.3 is 0 Å². The highest BCUT2D eigenvalue weighted by molar-refractivity contribution is 6.06. The number of rotatable bonds is 6. The molecule has 0 heterocycles. The number of benzene rings is 2. The lowest BCUT2D eigenvalue weighted by Gasteiger charge is -2.14. The minimum Gasteiger partial charge on any atom is -0.253 e. The number of nitrogens with zero attached hydrogens (tertiary/aromatic N) is 1. The summed E-state index contributed by atoms with van der Waals surface area (Å²) in [6.07, 6.45) is 11.0. The quantitative estimate of drug-likeness (QED) is 0.313. The van der Waals surface area contributed by atoms with E-state index in [-0.39, 0.29) is 0 Å². The summed E-state index contributed by atoms with van der Waals surface area (Å²) in [7, 11) is 0. The van der Waals surface area contributed by atoms with E-state index < -0.39 is 0 Å². The van der Waals surface area contributed by atoms with E-state index in [0.29, 0.717) is 5.70 Å². The molecule has 0 aliphatic heterocycles. The molecule has 134 valence electrons. The van der Waals surface area contributed by atoms with Gasteiger partial charge in [0.15, 0.2) is 0 Å². The van der Waals surface area contributed by atoms with Gasteiger partial charge in [0.1, 0.15) is 0 Å². The third-order valence-corrected chi connectivity index (χ3v) is 4.35. The lowest BCUT2D eigenvalue weighted by Crippen LogP contribution is -2.03. The monoisotopic (exact) mass is 351 g/mol. The molecule has 2 aromatic rings. The van der Waals surface area contributed by atoms with E-state index in [0.717, 1.165) is 28.0 Å². The van der Waals surface area contributed by atoms with E-state index in [1.54, 1.807) is 6.08 Å². The van der Waals surface area contributed by atoms with Crippen LogP contribution in [-0.2, 0) is 0 Å². The van der Waals surface area contributed by atoms with Crippen molar-refractivity contribution in [2.24, 2.45) is 4.99 Å². The smallest absolute Gasteiger partial charge is 0.0642 e. The molecule has 1 heteroatoms. The van der Waals surface area contributed by atoms with Crippen LogP contribution in [0, 0.1) is 19.3 Å². The van der Waals surface area contributed by atoms with E-state index in [4.69, 9.17) is 11.4 Å². The molecule has 0 spiro atoms. The highest BCUT2D eigenvalue weighted by atomic mass is 14.8. The van der Waals surface area contributed by atoms with Gasteiger partial charge in [0, 0.05) is 22.4 Å². The first-order valence-corrected chi connectivity index (χ1v) is 8.86. The molecule has 0 saturated heterocycles. The molecule has 0 atom stereocenters. The van der Waals surface area contributed by atoms with Gasteiger partial charge in [-0.25, -0.2) is 0 Å². The summed E-state index contributed by atoms with van der Waals surface area (Å²) in [5, 5.41) is 0. The highest BCUT2D eigenvalue weighted by Gasteiger charge is 2.12. The second-order valence-electron chi connectivity index (χ2n) is 6.29. The van der Waals surface area contributed by atoms with Crippen LogP contribution in [0.1, 0.15) is 25.0 Å². The lowest BCUT2D eigenvalue weighted by atomic mass is 9.93. The Kier molecular flexibility index (Phi) is 6.92. The molecule has 0 N–H and O–H groups in total. The molecule has 0 aliphatic carbocycles. The van der Waals surface area contributed by atoms with Gasteiger partial charge < -0.3 is 0 Å². The number of aliphatic imine (C=N–C) groups is 1. The van der Waals surface area contributed by atoms with Crippen LogP contribution in [0.4, 0.5) is 0 Å². The molecule has 0 fully saturated rings. The zero-order chi connectivity index (χ0) is 19.8. The normalized spacial score (nSPS) is 12.4. The minimum absolute atomic E-state index is 0.642. The summed E-state index contributed by atoms with van der Waals surface area (Å²) in [4.78, 5) is 4.80. The SMILES string of the molecule is C#C/C(C)=C(/C=C\C=C)C(=C)/N=C(/C)c1c(C)cccc1-c1ccccc1. The van der Waals surface area contributed by atoms with Gasteiger partial charge in [-0.1, -0.05) is 85.8 Å².